The van der Waals surface area contributed by atoms with Gasteiger partial charge in [-0.15, -0.1) is 0 Å². The molecular weight excluding hydrogens is 218 g/mol. The number of aromatic nitrogens is 3. The third-order valence-corrected chi connectivity index (χ3v) is 2.51. The highest BCUT2D eigenvalue weighted by Crippen LogP contribution is 2.31. The fourth-order valence-electron chi connectivity index (χ4n) is 1.69. The van der Waals surface area contributed by atoms with Crippen molar-refractivity contribution in [2.24, 2.45) is 0 Å². The molecule has 3 rings (SSSR count). The maximum Gasteiger partial charge on any atom is 0.157 e. The Balaban J connectivity index is 2.27. The lowest BCUT2D eigenvalue weighted by atomic mass is 10.3. The average molecular weight is 227 g/mol. The summed E-state index contributed by atoms with van der Waals surface area (Å²) in [5, 5.41) is 19.3. The number of hydrogen-bond acceptors (Lipinski definition) is 4. The zero-order valence-electron chi connectivity index (χ0n) is 8.75. The molecule has 0 aliphatic rings. The van der Waals surface area contributed by atoms with Crippen molar-refractivity contribution in [3.05, 3.63) is 36.5 Å². The molecule has 5 nitrogen and oxygen atoms in total. The summed E-state index contributed by atoms with van der Waals surface area (Å²) in [6.45, 7) is 0. The van der Waals surface area contributed by atoms with Crippen molar-refractivity contribution >= 4 is 11.0 Å². The number of nitrogens with one attached hydrogen (secondary N) is 1. The van der Waals surface area contributed by atoms with E-state index in [0.717, 1.165) is 0 Å². The SMILES string of the molecule is Oc1ccc(O)c2[nH]c(-c3ccccn3)nc12. The summed E-state index contributed by atoms with van der Waals surface area (Å²) >= 11 is 0. The van der Waals surface area contributed by atoms with Crippen LogP contribution in [0.3, 0.4) is 0 Å². The molecular formula is C12H9N3O2. The normalized spacial score (nSPS) is 10.8. The van der Waals surface area contributed by atoms with Crippen molar-refractivity contribution < 1.29 is 10.2 Å². The predicted octanol–water partition coefficient (Wildman–Crippen LogP) is 2.04. The Morgan fingerprint density at radius 2 is 1.82 bits per heavy atom. The third kappa shape index (κ3) is 1.48. The lowest BCUT2D eigenvalue weighted by molar-refractivity contribution is 0.468. The minimum atomic E-state index is 0.0243. The Morgan fingerprint density at radius 1 is 1.00 bits per heavy atom. The molecule has 5 heteroatoms. The monoisotopic (exact) mass is 227 g/mol. The molecule has 3 aromatic rings. The second kappa shape index (κ2) is 3.48. The number of fused-ring (bicyclic) bond motifs is 1. The molecule has 17 heavy (non-hydrogen) atoms. The molecule has 0 aliphatic heterocycles. The van der Waals surface area contributed by atoms with Gasteiger partial charge in [-0.25, -0.2) is 4.98 Å². The third-order valence-electron chi connectivity index (χ3n) is 2.51. The van der Waals surface area contributed by atoms with Crippen LogP contribution in [0, 0.1) is 0 Å². The molecule has 0 amide bonds. The average Bonchev–Trinajstić information content (AvgIpc) is 2.81. The summed E-state index contributed by atoms with van der Waals surface area (Å²) < 4.78 is 0. The van der Waals surface area contributed by atoms with Crippen molar-refractivity contribution in [2.45, 2.75) is 0 Å². The number of H-pyrrole nitrogens is 1. The van der Waals surface area contributed by atoms with Gasteiger partial charge < -0.3 is 15.2 Å². The van der Waals surface area contributed by atoms with Crippen molar-refractivity contribution in [1.82, 2.24) is 15.0 Å². The summed E-state index contributed by atoms with van der Waals surface area (Å²) in [7, 11) is 0. The maximum atomic E-state index is 9.65. The standard InChI is InChI=1S/C12H9N3O2/c16-8-4-5-9(17)11-10(8)14-12(15-11)7-3-1-2-6-13-7/h1-6,16-17H,(H,14,15). The Kier molecular flexibility index (Phi) is 1.98. The number of pyridine rings is 1. The number of aromatic amines is 1. The van der Waals surface area contributed by atoms with Gasteiger partial charge in [0.1, 0.15) is 28.2 Å². The molecule has 3 N–H and O–H groups in total. The molecule has 0 atom stereocenters. The zero-order chi connectivity index (χ0) is 11.8. The number of benzene rings is 1. The van der Waals surface area contributed by atoms with Gasteiger partial charge in [0.15, 0.2) is 5.82 Å². The highest BCUT2D eigenvalue weighted by Gasteiger charge is 2.12. The van der Waals surface area contributed by atoms with Crippen molar-refractivity contribution in [1.29, 1.82) is 0 Å². The van der Waals surface area contributed by atoms with Gasteiger partial charge in [-0.05, 0) is 24.3 Å². The van der Waals surface area contributed by atoms with E-state index in [2.05, 4.69) is 15.0 Å². The number of phenols is 2. The lowest BCUT2D eigenvalue weighted by Gasteiger charge is -1.94. The van der Waals surface area contributed by atoms with Crippen LogP contribution in [0.5, 0.6) is 11.5 Å². The van der Waals surface area contributed by atoms with Crippen LogP contribution in [0.2, 0.25) is 0 Å². The largest absolute Gasteiger partial charge is 0.506 e. The van der Waals surface area contributed by atoms with Crippen molar-refractivity contribution in [2.75, 3.05) is 0 Å². The molecule has 0 spiro atoms. The Morgan fingerprint density at radius 3 is 2.53 bits per heavy atom. The molecule has 0 bridgehead atoms. The first-order valence-corrected chi connectivity index (χ1v) is 5.08. The van der Waals surface area contributed by atoms with E-state index < -0.39 is 0 Å². The number of phenolic OH excluding ortho intramolecular Hbond substituents is 2. The molecule has 84 valence electrons. The second-order valence-electron chi connectivity index (χ2n) is 3.63. The number of nitrogens with zero attached hydrogens (tertiary/aromatic N) is 2. The van der Waals surface area contributed by atoms with E-state index in [9.17, 15) is 10.2 Å². The van der Waals surface area contributed by atoms with E-state index in [1.165, 1.54) is 12.1 Å². The molecule has 0 saturated heterocycles. The van der Waals surface area contributed by atoms with Crippen molar-refractivity contribution in [3.63, 3.8) is 0 Å². The van der Waals surface area contributed by atoms with Gasteiger partial charge >= 0.3 is 0 Å². The highest BCUT2D eigenvalue weighted by molar-refractivity contribution is 5.88. The van der Waals surface area contributed by atoms with E-state index in [4.69, 9.17) is 0 Å². The van der Waals surface area contributed by atoms with Crippen LogP contribution in [-0.2, 0) is 0 Å². The Labute approximate surface area is 96.4 Å². The second-order valence-corrected chi connectivity index (χ2v) is 3.63. The van der Waals surface area contributed by atoms with Gasteiger partial charge in [0.2, 0.25) is 0 Å². The van der Waals surface area contributed by atoms with E-state index in [1.807, 2.05) is 6.07 Å². The number of hydrogen-bond donors (Lipinski definition) is 3. The first-order valence-electron chi connectivity index (χ1n) is 5.08. The van der Waals surface area contributed by atoms with Crippen LogP contribution in [-0.4, -0.2) is 25.2 Å². The number of imidazole rings is 1. The Bertz CT molecular complexity index is 638. The molecule has 0 radical (unpaired) electrons. The summed E-state index contributed by atoms with van der Waals surface area (Å²) in [6.07, 6.45) is 1.65. The van der Waals surface area contributed by atoms with Crippen LogP contribution in [0.4, 0.5) is 0 Å². The maximum absolute atomic E-state index is 9.65. The predicted molar refractivity (Wildman–Crippen MR) is 62.7 cm³/mol. The summed E-state index contributed by atoms with van der Waals surface area (Å²) in [4.78, 5) is 11.3. The van der Waals surface area contributed by atoms with E-state index in [-0.39, 0.29) is 11.5 Å². The summed E-state index contributed by atoms with van der Waals surface area (Å²) in [5.74, 6) is 0.584. The van der Waals surface area contributed by atoms with Gasteiger partial charge in [-0.3, -0.25) is 4.98 Å². The number of aromatic hydroxyl groups is 2. The first-order chi connectivity index (χ1) is 8.25. The van der Waals surface area contributed by atoms with Gasteiger partial charge in [0.25, 0.3) is 0 Å². The van der Waals surface area contributed by atoms with Crippen molar-refractivity contribution in [3.8, 4) is 23.0 Å². The van der Waals surface area contributed by atoms with Gasteiger partial charge in [-0.2, -0.15) is 0 Å². The van der Waals surface area contributed by atoms with Crippen LogP contribution in [0.15, 0.2) is 36.5 Å². The quantitative estimate of drug-likeness (QED) is 0.555. The molecule has 2 aromatic heterocycles. The van der Waals surface area contributed by atoms with E-state index in [0.29, 0.717) is 22.6 Å². The fraction of sp³-hybridized carbons (Fsp3) is 0. The summed E-state index contributed by atoms with van der Waals surface area (Å²) in [5.41, 5.74) is 1.40. The van der Waals surface area contributed by atoms with E-state index in [1.54, 1.807) is 18.3 Å². The highest BCUT2D eigenvalue weighted by atomic mass is 16.3. The minimum absolute atomic E-state index is 0.0243. The minimum Gasteiger partial charge on any atom is -0.506 e. The van der Waals surface area contributed by atoms with Gasteiger partial charge in [-0.1, -0.05) is 6.07 Å². The van der Waals surface area contributed by atoms with E-state index >= 15 is 0 Å². The van der Waals surface area contributed by atoms with Crippen LogP contribution < -0.4 is 0 Å². The Hall–Kier alpha value is -2.56. The number of rotatable bonds is 1. The van der Waals surface area contributed by atoms with Crippen LogP contribution >= 0.6 is 0 Å². The topological polar surface area (TPSA) is 82.0 Å². The van der Waals surface area contributed by atoms with Crippen LogP contribution in [0.25, 0.3) is 22.6 Å². The van der Waals surface area contributed by atoms with Gasteiger partial charge in [0.05, 0.1) is 0 Å². The summed E-state index contributed by atoms with van der Waals surface area (Å²) in [6, 6.07) is 8.26. The first kappa shape index (κ1) is 9.65. The molecule has 0 unspecified atom stereocenters. The molecule has 0 saturated carbocycles. The molecule has 0 fully saturated rings. The molecule has 0 aliphatic carbocycles. The molecule has 1 aromatic carbocycles. The van der Waals surface area contributed by atoms with Gasteiger partial charge in [0, 0.05) is 6.20 Å². The smallest absolute Gasteiger partial charge is 0.157 e. The zero-order valence-corrected chi connectivity index (χ0v) is 8.75. The van der Waals surface area contributed by atoms with Crippen LogP contribution in [0.1, 0.15) is 0 Å². The fourth-order valence-corrected chi connectivity index (χ4v) is 1.69. The molecule has 2 heterocycles. The lowest BCUT2D eigenvalue weighted by Crippen LogP contribution is -1.83.